The van der Waals surface area contributed by atoms with E-state index in [2.05, 4.69) is 6.92 Å². The minimum Gasteiger partial charge on any atom is -0.423 e. The van der Waals surface area contributed by atoms with Gasteiger partial charge in [0, 0.05) is 12.1 Å². The first kappa shape index (κ1) is 23.8. The first-order chi connectivity index (χ1) is 15.9. The Morgan fingerprint density at radius 1 is 0.848 bits per heavy atom. The van der Waals surface area contributed by atoms with E-state index in [4.69, 9.17) is 4.74 Å². The summed E-state index contributed by atoms with van der Waals surface area (Å²) in [6, 6.07) is 8.61. The standard InChI is InChI=1S/C28H33F3O2/c1-2-3-18-4-6-19(7-5-18)20-8-10-21(11-9-20)22-12-14-23(15-13-22)28(32)33-24-16-25(29)27(31)26(30)17-24/h12-21H,2-11H2,1H3/t18-,19-,20-,21-. The van der Waals surface area contributed by atoms with E-state index >= 15 is 0 Å². The van der Waals surface area contributed by atoms with Crippen molar-refractivity contribution in [3.05, 3.63) is 65.0 Å². The van der Waals surface area contributed by atoms with Crippen LogP contribution in [0.4, 0.5) is 13.2 Å². The fourth-order valence-corrected chi connectivity index (χ4v) is 5.93. The summed E-state index contributed by atoms with van der Waals surface area (Å²) in [5.74, 6) is -2.24. The van der Waals surface area contributed by atoms with Gasteiger partial charge in [-0.05, 0) is 79.9 Å². The number of hydrogen-bond acceptors (Lipinski definition) is 2. The smallest absolute Gasteiger partial charge is 0.343 e. The van der Waals surface area contributed by atoms with Crippen molar-refractivity contribution in [1.29, 1.82) is 0 Å². The van der Waals surface area contributed by atoms with Crippen LogP contribution >= 0.6 is 0 Å². The van der Waals surface area contributed by atoms with E-state index < -0.39 is 23.4 Å². The van der Waals surface area contributed by atoms with Gasteiger partial charge in [0.2, 0.25) is 0 Å². The molecule has 0 saturated heterocycles. The number of halogens is 3. The lowest BCUT2D eigenvalue weighted by Crippen LogP contribution is -2.25. The lowest BCUT2D eigenvalue weighted by Gasteiger charge is -2.38. The normalized spacial score (nSPS) is 25.6. The Balaban J connectivity index is 1.29. The molecule has 5 heteroatoms. The molecule has 0 atom stereocenters. The van der Waals surface area contributed by atoms with Gasteiger partial charge in [-0.3, -0.25) is 0 Å². The predicted molar refractivity (Wildman–Crippen MR) is 123 cm³/mol. The van der Waals surface area contributed by atoms with Crippen molar-refractivity contribution in [3.63, 3.8) is 0 Å². The second kappa shape index (κ2) is 10.8. The molecule has 178 valence electrons. The highest BCUT2D eigenvalue weighted by Crippen LogP contribution is 2.44. The van der Waals surface area contributed by atoms with E-state index in [0.717, 1.165) is 17.8 Å². The maximum atomic E-state index is 13.3. The molecule has 33 heavy (non-hydrogen) atoms. The summed E-state index contributed by atoms with van der Waals surface area (Å²) in [5, 5.41) is 0. The summed E-state index contributed by atoms with van der Waals surface area (Å²) in [6.45, 7) is 2.29. The Morgan fingerprint density at radius 3 is 1.94 bits per heavy atom. The number of benzene rings is 2. The van der Waals surface area contributed by atoms with Gasteiger partial charge in [-0.25, -0.2) is 18.0 Å². The topological polar surface area (TPSA) is 26.3 Å². The van der Waals surface area contributed by atoms with Crippen LogP contribution in [0.3, 0.4) is 0 Å². The second-order valence-corrected chi connectivity index (χ2v) is 9.89. The quantitative estimate of drug-likeness (QED) is 0.248. The molecule has 2 aromatic carbocycles. The Hall–Kier alpha value is -2.30. The lowest BCUT2D eigenvalue weighted by atomic mass is 9.68. The van der Waals surface area contributed by atoms with Gasteiger partial charge in [0.25, 0.3) is 0 Å². The fourth-order valence-electron chi connectivity index (χ4n) is 5.93. The van der Waals surface area contributed by atoms with Crippen molar-refractivity contribution >= 4 is 5.97 Å². The molecule has 4 rings (SSSR count). The third-order valence-corrected chi connectivity index (χ3v) is 7.81. The first-order valence-electron chi connectivity index (χ1n) is 12.4. The molecule has 0 aliphatic heterocycles. The molecule has 2 aromatic rings. The molecule has 0 amide bonds. The van der Waals surface area contributed by atoms with Crippen LogP contribution in [0.1, 0.15) is 93.0 Å². The minimum absolute atomic E-state index is 0.293. The molecule has 0 N–H and O–H groups in total. The van der Waals surface area contributed by atoms with Gasteiger partial charge >= 0.3 is 5.97 Å². The van der Waals surface area contributed by atoms with E-state index in [1.165, 1.54) is 69.8 Å². The zero-order valence-corrected chi connectivity index (χ0v) is 19.3. The minimum atomic E-state index is -1.59. The van der Waals surface area contributed by atoms with Gasteiger partial charge in [0.1, 0.15) is 5.75 Å². The third-order valence-electron chi connectivity index (χ3n) is 7.81. The second-order valence-electron chi connectivity index (χ2n) is 9.89. The molecular formula is C28H33F3O2. The molecule has 0 radical (unpaired) electrons. The Labute approximate surface area is 194 Å². The monoisotopic (exact) mass is 458 g/mol. The van der Waals surface area contributed by atoms with E-state index in [1.807, 2.05) is 12.1 Å². The average molecular weight is 459 g/mol. The number of esters is 1. The van der Waals surface area contributed by atoms with E-state index in [1.54, 1.807) is 12.1 Å². The summed E-state index contributed by atoms with van der Waals surface area (Å²) >= 11 is 0. The zero-order valence-electron chi connectivity index (χ0n) is 19.3. The number of hydrogen-bond donors (Lipinski definition) is 0. The van der Waals surface area contributed by atoms with Crippen molar-refractivity contribution in [2.45, 2.75) is 77.0 Å². The average Bonchev–Trinajstić information content (AvgIpc) is 2.83. The van der Waals surface area contributed by atoms with Crippen LogP contribution in [-0.2, 0) is 0 Å². The number of carbonyl (C=O) groups is 1. The van der Waals surface area contributed by atoms with Gasteiger partial charge in [-0.15, -0.1) is 0 Å². The summed E-state index contributed by atoms with van der Waals surface area (Å²) < 4.78 is 44.8. The molecule has 2 aliphatic rings. The number of carbonyl (C=O) groups excluding carboxylic acids is 1. The number of rotatable bonds is 6. The van der Waals surface area contributed by atoms with Crippen molar-refractivity contribution < 1.29 is 22.7 Å². The molecule has 0 bridgehead atoms. The van der Waals surface area contributed by atoms with Gasteiger partial charge in [0.05, 0.1) is 5.56 Å². The Morgan fingerprint density at radius 2 is 1.39 bits per heavy atom. The zero-order chi connectivity index (χ0) is 23.4. The molecule has 0 spiro atoms. The molecule has 2 aliphatic carbocycles. The summed E-state index contributed by atoms with van der Waals surface area (Å²) in [5.41, 5.74) is 1.51. The van der Waals surface area contributed by atoms with Crippen LogP contribution in [0.25, 0.3) is 0 Å². The molecule has 2 fully saturated rings. The predicted octanol–water partition coefficient (Wildman–Crippen LogP) is 8.20. The van der Waals surface area contributed by atoms with E-state index in [-0.39, 0.29) is 5.75 Å². The van der Waals surface area contributed by atoms with E-state index in [9.17, 15) is 18.0 Å². The van der Waals surface area contributed by atoms with Gasteiger partial charge in [-0.2, -0.15) is 0 Å². The first-order valence-corrected chi connectivity index (χ1v) is 12.4. The van der Waals surface area contributed by atoms with Crippen LogP contribution in [0.15, 0.2) is 36.4 Å². The lowest BCUT2D eigenvalue weighted by molar-refractivity contribution is 0.0733. The largest absolute Gasteiger partial charge is 0.423 e. The molecular weight excluding hydrogens is 425 g/mol. The highest BCUT2D eigenvalue weighted by atomic mass is 19.2. The molecule has 0 aromatic heterocycles. The van der Waals surface area contributed by atoms with Crippen LogP contribution in [0, 0.1) is 35.2 Å². The molecule has 2 saturated carbocycles. The van der Waals surface area contributed by atoms with Crippen molar-refractivity contribution in [2.75, 3.05) is 0 Å². The SMILES string of the molecule is CCC[C@H]1CC[C@H]([C@H]2CC[C@H](c3ccc(C(=O)Oc4cc(F)c(F)c(F)c4)cc3)CC2)CC1. The molecule has 0 heterocycles. The Kier molecular flexibility index (Phi) is 7.77. The van der Waals surface area contributed by atoms with Crippen molar-refractivity contribution in [3.8, 4) is 5.75 Å². The summed E-state index contributed by atoms with van der Waals surface area (Å²) in [6.07, 6.45) is 13.2. The van der Waals surface area contributed by atoms with Gasteiger partial charge < -0.3 is 4.74 Å². The van der Waals surface area contributed by atoms with Crippen LogP contribution in [0.2, 0.25) is 0 Å². The molecule has 2 nitrogen and oxygen atoms in total. The van der Waals surface area contributed by atoms with Crippen molar-refractivity contribution in [1.82, 2.24) is 0 Å². The molecule has 0 unspecified atom stereocenters. The maximum absolute atomic E-state index is 13.3. The summed E-state index contributed by atoms with van der Waals surface area (Å²) in [7, 11) is 0. The summed E-state index contributed by atoms with van der Waals surface area (Å²) in [4.78, 5) is 12.3. The number of ether oxygens (including phenoxy) is 1. The maximum Gasteiger partial charge on any atom is 0.343 e. The van der Waals surface area contributed by atoms with Crippen molar-refractivity contribution in [2.24, 2.45) is 17.8 Å². The highest BCUT2D eigenvalue weighted by molar-refractivity contribution is 5.91. The fraction of sp³-hybridized carbons (Fsp3) is 0.536. The van der Waals surface area contributed by atoms with Gasteiger partial charge in [0.15, 0.2) is 17.5 Å². The Bertz CT molecular complexity index is 917. The van der Waals surface area contributed by atoms with E-state index in [0.29, 0.717) is 23.6 Å². The van der Waals surface area contributed by atoms with Crippen LogP contribution in [0.5, 0.6) is 5.75 Å². The highest BCUT2D eigenvalue weighted by Gasteiger charge is 2.31. The van der Waals surface area contributed by atoms with Crippen LogP contribution < -0.4 is 4.74 Å². The third kappa shape index (κ3) is 5.80. The van der Waals surface area contributed by atoms with Gasteiger partial charge in [-0.1, -0.05) is 44.7 Å². The van der Waals surface area contributed by atoms with Crippen LogP contribution in [-0.4, -0.2) is 5.97 Å².